The van der Waals surface area contributed by atoms with Crippen LogP contribution in [0.3, 0.4) is 0 Å². The van der Waals surface area contributed by atoms with E-state index in [0.29, 0.717) is 22.8 Å². The van der Waals surface area contributed by atoms with Crippen LogP contribution in [0.25, 0.3) is 0 Å². The van der Waals surface area contributed by atoms with Crippen molar-refractivity contribution in [1.82, 2.24) is 15.1 Å². The number of urea groups is 1. The summed E-state index contributed by atoms with van der Waals surface area (Å²) in [5.41, 5.74) is 2.05. The number of ketones is 1. The summed E-state index contributed by atoms with van der Waals surface area (Å²) in [6, 6.07) is 15.7. The molecule has 0 fully saturated rings. The Morgan fingerprint density at radius 1 is 1.06 bits per heavy atom. The molecule has 9 nitrogen and oxygen atoms in total. The number of rotatable bonds is 4. The second kappa shape index (κ2) is 9.54. The summed E-state index contributed by atoms with van der Waals surface area (Å²) < 4.78 is 1.54. The normalized spacial score (nSPS) is 15.7. The van der Waals surface area contributed by atoms with Crippen LogP contribution in [0, 0.1) is 12.3 Å². The van der Waals surface area contributed by atoms with E-state index in [1.807, 2.05) is 37.3 Å². The Bertz CT molecular complexity index is 1290. The minimum absolute atomic E-state index is 0.119. The van der Waals surface area contributed by atoms with Gasteiger partial charge in [-0.2, -0.15) is 5.10 Å². The molecule has 1 aliphatic heterocycles. The number of aryl methyl sites for hydroxylation is 1. The van der Waals surface area contributed by atoms with Gasteiger partial charge in [0.2, 0.25) is 6.17 Å². The Morgan fingerprint density at radius 2 is 1.83 bits per heavy atom. The van der Waals surface area contributed by atoms with Gasteiger partial charge in [0.1, 0.15) is 0 Å². The topological polar surface area (TPSA) is 109 Å². The number of anilines is 2. The molecule has 0 spiro atoms. The molecule has 1 aliphatic rings. The third kappa shape index (κ3) is 5.29. The molecule has 35 heavy (non-hydrogen) atoms. The maximum atomic E-state index is 13.7. The Morgan fingerprint density at radius 3 is 2.51 bits per heavy atom. The van der Waals surface area contributed by atoms with E-state index < -0.39 is 23.5 Å². The van der Waals surface area contributed by atoms with Crippen LogP contribution in [-0.2, 0) is 9.59 Å². The minimum Gasteiger partial charge on any atom is -0.308 e. The average molecular weight is 473 g/mol. The molecule has 0 saturated heterocycles. The predicted molar refractivity (Wildman–Crippen MR) is 135 cm³/mol. The molecular weight excluding hydrogens is 444 g/mol. The van der Waals surface area contributed by atoms with Crippen LogP contribution in [0.5, 0.6) is 0 Å². The van der Waals surface area contributed by atoms with Gasteiger partial charge in [0.15, 0.2) is 11.6 Å². The van der Waals surface area contributed by atoms with Gasteiger partial charge in [-0.25, -0.2) is 14.5 Å². The molecule has 0 bridgehead atoms. The first kappa shape index (κ1) is 23.9. The zero-order valence-electron chi connectivity index (χ0n) is 20.1. The number of para-hydroxylation sites is 1. The number of hydrogen-bond donors (Lipinski definition) is 2. The largest absolute Gasteiger partial charge is 0.321 e. The number of hydrogen-bond acceptors (Lipinski definition) is 5. The first-order valence-corrected chi connectivity index (χ1v) is 11.3. The number of nitrogens with zero attached hydrogens (tertiary/aromatic N) is 4. The number of carbonyl (C=O) groups is 3. The molecule has 180 valence electrons. The highest BCUT2D eigenvalue weighted by Crippen LogP contribution is 2.28. The predicted octanol–water partition coefficient (Wildman–Crippen LogP) is 3.60. The fourth-order valence-corrected chi connectivity index (χ4v) is 3.64. The zero-order valence-corrected chi connectivity index (χ0v) is 20.1. The smallest absolute Gasteiger partial charge is 0.308 e. The second-order valence-electron chi connectivity index (χ2n) is 9.39. The lowest BCUT2D eigenvalue weighted by molar-refractivity contribution is -0.127. The number of benzodiazepines with no additional fused rings is 1. The average Bonchev–Trinajstić information content (AvgIpc) is 3.30. The van der Waals surface area contributed by atoms with Gasteiger partial charge in [-0.15, -0.1) is 0 Å². The van der Waals surface area contributed by atoms with E-state index in [-0.39, 0.29) is 12.3 Å². The van der Waals surface area contributed by atoms with Crippen LogP contribution in [0.4, 0.5) is 16.2 Å². The summed E-state index contributed by atoms with van der Waals surface area (Å²) in [6.07, 6.45) is 2.03. The molecule has 9 heteroatoms. The number of amides is 3. The number of fused-ring (bicyclic) bond motifs is 1. The summed E-state index contributed by atoms with van der Waals surface area (Å²) >= 11 is 0. The molecular formula is C26H28N6O3. The van der Waals surface area contributed by atoms with Crippen LogP contribution in [-0.4, -0.2) is 46.0 Å². The number of aliphatic imine (C=N–C) groups is 1. The third-order valence-corrected chi connectivity index (χ3v) is 5.59. The molecule has 1 unspecified atom stereocenters. The van der Waals surface area contributed by atoms with Gasteiger partial charge in [0.05, 0.1) is 12.2 Å². The number of Topliss-reactive ketones (excluding diaryl/α,β-unsaturated/α-hetero) is 1. The van der Waals surface area contributed by atoms with Gasteiger partial charge >= 0.3 is 6.03 Å². The summed E-state index contributed by atoms with van der Waals surface area (Å²) in [6.45, 7) is 7.18. The van der Waals surface area contributed by atoms with Gasteiger partial charge in [0.25, 0.3) is 5.91 Å². The maximum absolute atomic E-state index is 13.7. The molecule has 2 N–H and O–H groups in total. The number of nitrogens with one attached hydrogen (secondary N) is 2. The molecule has 3 amide bonds. The summed E-state index contributed by atoms with van der Waals surface area (Å²) in [4.78, 5) is 45.5. The lowest BCUT2D eigenvalue weighted by atomic mass is 9.90. The van der Waals surface area contributed by atoms with Crippen molar-refractivity contribution in [2.75, 3.05) is 16.8 Å². The van der Waals surface area contributed by atoms with Gasteiger partial charge in [0, 0.05) is 29.1 Å². The van der Waals surface area contributed by atoms with Gasteiger partial charge < -0.3 is 15.5 Å². The lowest BCUT2D eigenvalue weighted by Gasteiger charge is -2.27. The van der Waals surface area contributed by atoms with E-state index in [1.54, 1.807) is 57.4 Å². The fourth-order valence-electron chi connectivity index (χ4n) is 3.64. The quantitative estimate of drug-likeness (QED) is 0.605. The molecule has 0 aliphatic carbocycles. The molecule has 2 aromatic carbocycles. The van der Waals surface area contributed by atoms with E-state index in [1.165, 1.54) is 9.58 Å². The van der Waals surface area contributed by atoms with E-state index in [2.05, 4.69) is 20.7 Å². The van der Waals surface area contributed by atoms with E-state index in [4.69, 9.17) is 0 Å². The molecule has 1 atom stereocenters. The third-order valence-electron chi connectivity index (χ3n) is 5.59. The van der Waals surface area contributed by atoms with Gasteiger partial charge in [-0.3, -0.25) is 9.59 Å². The Kier molecular flexibility index (Phi) is 6.50. The van der Waals surface area contributed by atoms with Crippen molar-refractivity contribution in [2.24, 2.45) is 10.4 Å². The summed E-state index contributed by atoms with van der Waals surface area (Å²) in [7, 11) is 0. The number of aromatic nitrogens is 2. The van der Waals surface area contributed by atoms with Gasteiger partial charge in [-0.05, 0) is 42.8 Å². The maximum Gasteiger partial charge on any atom is 0.321 e. The zero-order chi connectivity index (χ0) is 25.2. The van der Waals surface area contributed by atoms with Crippen molar-refractivity contribution in [2.45, 2.75) is 33.9 Å². The van der Waals surface area contributed by atoms with Crippen LogP contribution >= 0.6 is 0 Å². The summed E-state index contributed by atoms with van der Waals surface area (Å²) in [5.74, 6) is -0.256. The van der Waals surface area contributed by atoms with Crippen molar-refractivity contribution in [3.8, 4) is 0 Å². The molecule has 1 aromatic heterocycles. The fraction of sp³-hybridized carbons (Fsp3) is 0.269. The van der Waals surface area contributed by atoms with Crippen molar-refractivity contribution in [1.29, 1.82) is 0 Å². The minimum atomic E-state index is -1.28. The van der Waals surface area contributed by atoms with Crippen LogP contribution < -0.4 is 15.5 Å². The first-order valence-electron chi connectivity index (χ1n) is 11.3. The monoisotopic (exact) mass is 472 g/mol. The van der Waals surface area contributed by atoms with Crippen molar-refractivity contribution in [3.63, 3.8) is 0 Å². The van der Waals surface area contributed by atoms with Gasteiger partial charge in [-0.1, -0.05) is 45.0 Å². The van der Waals surface area contributed by atoms with Crippen LogP contribution in [0.15, 0.2) is 72.0 Å². The van der Waals surface area contributed by atoms with E-state index in [9.17, 15) is 14.4 Å². The second-order valence-corrected chi connectivity index (χ2v) is 9.39. The van der Waals surface area contributed by atoms with Crippen molar-refractivity contribution in [3.05, 3.63) is 78.1 Å². The van der Waals surface area contributed by atoms with Crippen LogP contribution in [0.2, 0.25) is 0 Å². The highest BCUT2D eigenvalue weighted by molar-refractivity contribution is 6.14. The first-order chi connectivity index (χ1) is 16.6. The van der Waals surface area contributed by atoms with Crippen molar-refractivity contribution >= 4 is 34.9 Å². The standard InChI is InChI=1S/C26H28N6O3/c1-17-9-7-10-18(15-17)28-25(35)30-22-24(34)31(16-21(33)26(2,3)4)20-12-6-5-11-19(20)23(29-22)32-14-8-13-27-32/h5-15,22H,16H2,1-4H3,(H2,28,30,35). The molecule has 2 heterocycles. The Labute approximate surface area is 203 Å². The van der Waals surface area contributed by atoms with Crippen molar-refractivity contribution < 1.29 is 14.4 Å². The SMILES string of the molecule is Cc1cccc(NC(=O)NC2N=C(n3cccn3)c3ccccc3N(CC(=O)C(C)(C)C)C2=O)c1. The molecule has 0 saturated carbocycles. The molecule has 4 rings (SSSR count). The highest BCUT2D eigenvalue weighted by atomic mass is 16.2. The molecule has 0 radical (unpaired) electrons. The van der Waals surface area contributed by atoms with E-state index in [0.717, 1.165) is 5.56 Å². The summed E-state index contributed by atoms with van der Waals surface area (Å²) in [5, 5.41) is 9.69. The number of carbonyl (C=O) groups excluding carboxylic acids is 3. The Hall–Kier alpha value is -4.27. The van der Waals surface area contributed by atoms with E-state index >= 15 is 0 Å². The van der Waals surface area contributed by atoms with Crippen LogP contribution in [0.1, 0.15) is 31.9 Å². The number of benzene rings is 2. The highest BCUT2D eigenvalue weighted by Gasteiger charge is 2.36. The Balaban J connectivity index is 1.73. The lowest BCUT2D eigenvalue weighted by Crippen LogP contribution is -2.50. The molecule has 3 aromatic rings.